The molecule has 1 rings (SSSR count). The fourth-order valence-corrected chi connectivity index (χ4v) is 1.68. The first kappa shape index (κ1) is 10.3. The number of rotatable bonds is 4. The minimum Gasteiger partial charge on any atom is -0.472 e. The molecule has 0 saturated heterocycles. The summed E-state index contributed by atoms with van der Waals surface area (Å²) in [6.45, 7) is 0. The zero-order valence-corrected chi connectivity index (χ0v) is 8.25. The topological polar surface area (TPSA) is 73.3 Å². The second-order valence-electron chi connectivity index (χ2n) is 3.08. The van der Waals surface area contributed by atoms with E-state index in [1.54, 1.807) is 6.07 Å². The Labute approximate surface area is 77.7 Å². The molecule has 1 aromatic rings. The standard InChI is InChI=1S/C8H13NO3S/c1-13(10,11)5-3-8(9)7-2-4-12-6-7/h2,4,6,8H,3,5,9H2,1H3. The van der Waals surface area contributed by atoms with Crippen LogP contribution >= 0.6 is 0 Å². The van der Waals surface area contributed by atoms with Crippen molar-refractivity contribution in [2.24, 2.45) is 5.73 Å². The Morgan fingerprint density at radius 3 is 2.77 bits per heavy atom. The average Bonchev–Trinajstić information content (AvgIpc) is 2.50. The monoisotopic (exact) mass is 203 g/mol. The van der Waals surface area contributed by atoms with E-state index < -0.39 is 9.84 Å². The maximum absolute atomic E-state index is 10.8. The van der Waals surface area contributed by atoms with Crippen LogP contribution in [0.3, 0.4) is 0 Å². The molecule has 74 valence electrons. The lowest BCUT2D eigenvalue weighted by Gasteiger charge is -2.07. The third kappa shape index (κ3) is 3.61. The van der Waals surface area contributed by atoms with Crippen LogP contribution < -0.4 is 5.73 Å². The van der Waals surface area contributed by atoms with Gasteiger partial charge in [0.05, 0.1) is 18.3 Å². The zero-order chi connectivity index (χ0) is 9.90. The molecule has 1 heterocycles. The van der Waals surface area contributed by atoms with Gasteiger partial charge in [-0.3, -0.25) is 0 Å². The molecule has 0 aromatic carbocycles. The number of nitrogens with two attached hydrogens (primary N) is 1. The van der Waals surface area contributed by atoms with E-state index in [4.69, 9.17) is 10.2 Å². The van der Waals surface area contributed by atoms with E-state index in [0.29, 0.717) is 6.42 Å². The number of sulfone groups is 1. The first-order chi connectivity index (χ1) is 5.99. The van der Waals surface area contributed by atoms with Crippen LogP contribution in [0.25, 0.3) is 0 Å². The van der Waals surface area contributed by atoms with Gasteiger partial charge >= 0.3 is 0 Å². The smallest absolute Gasteiger partial charge is 0.147 e. The molecular formula is C8H13NO3S. The van der Waals surface area contributed by atoms with Crippen LogP contribution in [0.4, 0.5) is 0 Å². The van der Waals surface area contributed by atoms with E-state index >= 15 is 0 Å². The first-order valence-corrected chi connectivity index (χ1v) is 6.00. The Bertz CT molecular complexity index is 341. The maximum Gasteiger partial charge on any atom is 0.147 e. The van der Waals surface area contributed by atoms with Gasteiger partial charge in [0.15, 0.2) is 0 Å². The maximum atomic E-state index is 10.8. The summed E-state index contributed by atoms with van der Waals surface area (Å²) < 4.78 is 26.5. The van der Waals surface area contributed by atoms with Crippen LogP contribution in [0, 0.1) is 0 Å². The van der Waals surface area contributed by atoms with Crippen molar-refractivity contribution in [3.8, 4) is 0 Å². The largest absolute Gasteiger partial charge is 0.472 e. The SMILES string of the molecule is CS(=O)(=O)CCC(N)c1ccoc1. The molecule has 0 amide bonds. The second kappa shape index (κ2) is 3.93. The summed E-state index contributed by atoms with van der Waals surface area (Å²) in [4.78, 5) is 0. The summed E-state index contributed by atoms with van der Waals surface area (Å²) in [6, 6.07) is 1.49. The molecule has 1 unspecified atom stereocenters. The molecule has 0 radical (unpaired) electrons. The molecule has 0 aliphatic carbocycles. The Kier molecular flexibility index (Phi) is 3.11. The summed E-state index contributed by atoms with van der Waals surface area (Å²) in [6.07, 6.45) is 4.69. The molecule has 1 atom stereocenters. The zero-order valence-electron chi connectivity index (χ0n) is 7.43. The van der Waals surface area contributed by atoms with Crippen molar-refractivity contribution in [2.45, 2.75) is 12.5 Å². The van der Waals surface area contributed by atoms with Crippen molar-refractivity contribution in [2.75, 3.05) is 12.0 Å². The molecule has 4 nitrogen and oxygen atoms in total. The molecule has 1 aromatic heterocycles. The summed E-state index contributed by atoms with van der Waals surface area (Å²) >= 11 is 0. The third-order valence-electron chi connectivity index (χ3n) is 1.77. The molecule has 0 saturated carbocycles. The fourth-order valence-electron chi connectivity index (χ4n) is 0.994. The Morgan fingerprint density at radius 2 is 2.31 bits per heavy atom. The highest BCUT2D eigenvalue weighted by molar-refractivity contribution is 7.90. The van der Waals surface area contributed by atoms with Crippen LogP contribution in [0.15, 0.2) is 23.0 Å². The summed E-state index contributed by atoms with van der Waals surface area (Å²) in [5, 5.41) is 0. The predicted molar refractivity (Wildman–Crippen MR) is 50.0 cm³/mol. The minimum atomic E-state index is -2.92. The summed E-state index contributed by atoms with van der Waals surface area (Å²) in [7, 11) is -2.92. The molecule has 0 fully saturated rings. The van der Waals surface area contributed by atoms with Crippen LogP contribution in [-0.4, -0.2) is 20.4 Å². The quantitative estimate of drug-likeness (QED) is 0.782. The van der Waals surface area contributed by atoms with E-state index in [0.717, 1.165) is 5.56 Å². The van der Waals surface area contributed by atoms with Crippen molar-refractivity contribution in [3.05, 3.63) is 24.2 Å². The van der Waals surface area contributed by atoms with Crippen LogP contribution in [0.1, 0.15) is 18.0 Å². The van der Waals surface area contributed by atoms with Crippen molar-refractivity contribution in [1.82, 2.24) is 0 Å². The summed E-state index contributed by atoms with van der Waals surface area (Å²) in [5.41, 5.74) is 6.56. The Hall–Kier alpha value is -0.810. The summed E-state index contributed by atoms with van der Waals surface area (Å²) in [5.74, 6) is 0.110. The van der Waals surface area contributed by atoms with Crippen LogP contribution in [-0.2, 0) is 9.84 Å². The lowest BCUT2D eigenvalue weighted by atomic mass is 10.1. The van der Waals surface area contributed by atoms with Gasteiger partial charge in [-0.05, 0) is 12.5 Å². The second-order valence-corrected chi connectivity index (χ2v) is 5.34. The van der Waals surface area contributed by atoms with Crippen molar-refractivity contribution in [1.29, 1.82) is 0 Å². The van der Waals surface area contributed by atoms with Crippen LogP contribution in [0.5, 0.6) is 0 Å². The third-order valence-corrected chi connectivity index (χ3v) is 2.75. The van der Waals surface area contributed by atoms with Gasteiger partial charge in [-0.25, -0.2) is 8.42 Å². The highest BCUT2D eigenvalue weighted by Crippen LogP contribution is 2.14. The molecule has 0 aliphatic rings. The average molecular weight is 203 g/mol. The van der Waals surface area contributed by atoms with Gasteiger partial charge in [-0.2, -0.15) is 0 Å². The van der Waals surface area contributed by atoms with E-state index in [-0.39, 0.29) is 11.8 Å². The number of hydrogen-bond donors (Lipinski definition) is 1. The first-order valence-electron chi connectivity index (χ1n) is 3.94. The fraction of sp³-hybridized carbons (Fsp3) is 0.500. The minimum absolute atomic E-state index is 0.110. The molecule has 0 bridgehead atoms. The number of hydrogen-bond acceptors (Lipinski definition) is 4. The van der Waals surface area contributed by atoms with Gasteiger partial charge < -0.3 is 10.2 Å². The van der Waals surface area contributed by atoms with Gasteiger partial charge in [0.1, 0.15) is 9.84 Å². The molecule has 0 aliphatic heterocycles. The highest BCUT2D eigenvalue weighted by atomic mass is 32.2. The number of furan rings is 1. The predicted octanol–water partition coefficient (Wildman–Crippen LogP) is 0.714. The van der Waals surface area contributed by atoms with E-state index in [1.807, 2.05) is 0 Å². The molecule has 0 spiro atoms. The van der Waals surface area contributed by atoms with E-state index in [9.17, 15) is 8.42 Å². The molecule has 5 heteroatoms. The van der Waals surface area contributed by atoms with E-state index in [2.05, 4.69) is 0 Å². The Morgan fingerprint density at radius 1 is 1.62 bits per heavy atom. The molecule has 2 N–H and O–H groups in total. The van der Waals surface area contributed by atoms with Gasteiger partial charge in [0, 0.05) is 17.9 Å². The van der Waals surface area contributed by atoms with Crippen LogP contribution in [0.2, 0.25) is 0 Å². The van der Waals surface area contributed by atoms with Crippen molar-refractivity contribution < 1.29 is 12.8 Å². The highest BCUT2D eigenvalue weighted by Gasteiger charge is 2.10. The van der Waals surface area contributed by atoms with Crippen molar-refractivity contribution in [3.63, 3.8) is 0 Å². The molecule has 13 heavy (non-hydrogen) atoms. The van der Waals surface area contributed by atoms with Gasteiger partial charge in [0.2, 0.25) is 0 Å². The van der Waals surface area contributed by atoms with E-state index in [1.165, 1.54) is 18.8 Å². The van der Waals surface area contributed by atoms with Gasteiger partial charge in [0.25, 0.3) is 0 Å². The lowest BCUT2D eigenvalue weighted by molar-refractivity contribution is 0.555. The molecular weight excluding hydrogens is 190 g/mol. The lowest BCUT2D eigenvalue weighted by Crippen LogP contribution is -2.14. The normalized spacial score (nSPS) is 14.3. The van der Waals surface area contributed by atoms with Gasteiger partial charge in [-0.1, -0.05) is 0 Å². The van der Waals surface area contributed by atoms with Gasteiger partial charge in [-0.15, -0.1) is 0 Å². The van der Waals surface area contributed by atoms with Crippen molar-refractivity contribution >= 4 is 9.84 Å². The Balaban J connectivity index is 2.48.